The van der Waals surface area contributed by atoms with E-state index in [0.29, 0.717) is 12.4 Å². The molecule has 0 saturated heterocycles. The fraction of sp³-hybridized carbons (Fsp3) is 0.750. The molecular weight excluding hydrogens is 206 g/mol. The first-order valence-electron chi connectivity index (χ1n) is 4.18. The molecule has 2 N–H and O–H groups in total. The fourth-order valence-corrected chi connectivity index (χ4v) is 1.44. The summed E-state index contributed by atoms with van der Waals surface area (Å²) in [6.45, 7) is 2.03. The lowest BCUT2D eigenvalue weighted by Crippen LogP contribution is -2.34. The van der Waals surface area contributed by atoms with Crippen molar-refractivity contribution in [1.29, 1.82) is 0 Å². The van der Waals surface area contributed by atoms with Crippen LogP contribution >= 0.6 is 11.8 Å². The summed E-state index contributed by atoms with van der Waals surface area (Å²) < 4.78 is 9.12. The Labute approximate surface area is 87.3 Å². The van der Waals surface area contributed by atoms with Crippen molar-refractivity contribution >= 4 is 23.7 Å². The standard InChI is InChI=1S/C8H15NO4S/c1-3-13-8(11)6(9)4-14-5-7(10)12-2/h6H,3-5,9H2,1-2H3. The van der Waals surface area contributed by atoms with Crippen LogP contribution in [0.1, 0.15) is 6.92 Å². The number of thioether (sulfide) groups is 1. The molecule has 0 rings (SSSR count). The van der Waals surface area contributed by atoms with Crippen molar-refractivity contribution in [2.45, 2.75) is 13.0 Å². The Kier molecular flexibility index (Phi) is 7.23. The van der Waals surface area contributed by atoms with Gasteiger partial charge >= 0.3 is 11.9 Å². The highest BCUT2D eigenvalue weighted by Crippen LogP contribution is 2.03. The highest BCUT2D eigenvalue weighted by Gasteiger charge is 2.14. The molecule has 0 spiro atoms. The smallest absolute Gasteiger partial charge is 0.323 e. The van der Waals surface area contributed by atoms with E-state index in [2.05, 4.69) is 4.74 Å². The second-order valence-corrected chi connectivity index (χ2v) is 3.48. The van der Waals surface area contributed by atoms with E-state index in [1.54, 1.807) is 6.92 Å². The third kappa shape index (κ3) is 5.82. The van der Waals surface area contributed by atoms with E-state index < -0.39 is 12.0 Å². The lowest BCUT2D eigenvalue weighted by atomic mass is 10.4. The first-order chi connectivity index (χ1) is 6.61. The van der Waals surface area contributed by atoms with Gasteiger partial charge in [-0.15, -0.1) is 11.8 Å². The molecule has 0 saturated carbocycles. The van der Waals surface area contributed by atoms with Gasteiger partial charge in [0.05, 0.1) is 19.5 Å². The number of hydrogen-bond acceptors (Lipinski definition) is 6. The molecule has 0 bridgehead atoms. The van der Waals surface area contributed by atoms with Crippen LogP contribution in [-0.4, -0.2) is 43.2 Å². The van der Waals surface area contributed by atoms with Crippen molar-refractivity contribution in [3.8, 4) is 0 Å². The zero-order valence-corrected chi connectivity index (χ0v) is 9.13. The van der Waals surface area contributed by atoms with Gasteiger partial charge in [-0.3, -0.25) is 9.59 Å². The van der Waals surface area contributed by atoms with Gasteiger partial charge in [-0.25, -0.2) is 0 Å². The Balaban J connectivity index is 3.58. The highest BCUT2D eigenvalue weighted by atomic mass is 32.2. The summed E-state index contributed by atoms with van der Waals surface area (Å²) in [5.41, 5.74) is 5.48. The first-order valence-corrected chi connectivity index (χ1v) is 5.34. The summed E-state index contributed by atoms with van der Waals surface area (Å²) in [6.07, 6.45) is 0. The van der Waals surface area contributed by atoms with Gasteiger partial charge in [-0.1, -0.05) is 0 Å². The van der Waals surface area contributed by atoms with E-state index in [1.807, 2.05) is 0 Å². The maximum Gasteiger partial charge on any atom is 0.323 e. The van der Waals surface area contributed by atoms with Gasteiger partial charge < -0.3 is 15.2 Å². The molecule has 6 heteroatoms. The van der Waals surface area contributed by atoms with Gasteiger partial charge in [-0.05, 0) is 6.92 Å². The number of carbonyl (C=O) groups is 2. The van der Waals surface area contributed by atoms with Crippen LogP contribution in [0.25, 0.3) is 0 Å². The maximum absolute atomic E-state index is 11.0. The van der Waals surface area contributed by atoms with Crippen LogP contribution in [0.4, 0.5) is 0 Å². The van der Waals surface area contributed by atoms with Crippen LogP contribution in [-0.2, 0) is 19.1 Å². The molecule has 0 aromatic carbocycles. The molecule has 5 nitrogen and oxygen atoms in total. The predicted molar refractivity (Wildman–Crippen MR) is 53.9 cm³/mol. The van der Waals surface area contributed by atoms with Crippen LogP contribution in [0, 0.1) is 0 Å². The number of esters is 2. The van der Waals surface area contributed by atoms with Crippen LogP contribution in [0.5, 0.6) is 0 Å². The molecule has 0 heterocycles. The molecule has 0 aromatic heterocycles. The van der Waals surface area contributed by atoms with E-state index in [0.717, 1.165) is 0 Å². The van der Waals surface area contributed by atoms with Crippen molar-refractivity contribution in [2.24, 2.45) is 5.73 Å². The Bertz CT molecular complexity index is 198. The third-order valence-electron chi connectivity index (χ3n) is 1.33. The number of rotatable bonds is 6. The molecule has 0 radical (unpaired) electrons. The fourth-order valence-electron chi connectivity index (χ4n) is 0.645. The van der Waals surface area contributed by atoms with Gasteiger partial charge in [0, 0.05) is 5.75 Å². The van der Waals surface area contributed by atoms with Gasteiger partial charge in [0.25, 0.3) is 0 Å². The number of nitrogens with two attached hydrogens (primary N) is 1. The van der Waals surface area contributed by atoms with Crippen molar-refractivity contribution in [3.05, 3.63) is 0 Å². The molecule has 1 atom stereocenters. The van der Waals surface area contributed by atoms with Gasteiger partial charge in [0.2, 0.25) is 0 Å². The predicted octanol–water partition coefficient (Wildman–Crippen LogP) is -0.217. The Morgan fingerprint density at radius 1 is 1.50 bits per heavy atom. The number of ether oxygens (including phenoxy) is 2. The van der Waals surface area contributed by atoms with E-state index in [-0.39, 0.29) is 11.7 Å². The minimum Gasteiger partial charge on any atom is -0.468 e. The van der Waals surface area contributed by atoms with Crippen LogP contribution in [0.2, 0.25) is 0 Å². The number of carbonyl (C=O) groups excluding carboxylic acids is 2. The third-order valence-corrected chi connectivity index (χ3v) is 2.37. The van der Waals surface area contributed by atoms with Crippen molar-refractivity contribution in [1.82, 2.24) is 0 Å². The minimum atomic E-state index is -0.676. The van der Waals surface area contributed by atoms with E-state index in [9.17, 15) is 9.59 Å². The lowest BCUT2D eigenvalue weighted by molar-refractivity contribution is -0.144. The second kappa shape index (κ2) is 7.64. The summed E-state index contributed by atoms with van der Waals surface area (Å²) in [7, 11) is 1.31. The Morgan fingerprint density at radius 3 is 2.64 bits per heavy atom. The normalized spacial score (nSPS) is 11.9. The quantitative estimate of drug-likeness (QED) is 0.625. The van der Waals surface area contributed by atoms with Crippen LogP contribution in [0.15, 0.2) is 0 Å². The molecule has 0 aliphatic carbocycles. The van der Waals surface area contributed by atoms with Crippen molar-refractivity contribution < 1.29 is 19.1 Å². The van der Waals surface area contributed by atoms with E-state index in [1.165, 1.54) is 18.9 Å². The minimum absolute atomic E-state index is 0.198. The highest BCUT2D eigenvalue weighted by molar-refractivity contribution is 8.00. The summed E-state index contributed by atoms with van der Waals surface area (Å²) in [6, 6.07) is -0.676. The van der Waals surface area contributed by atoms with Crippen molar-refractivity contribution in [3.63, 3.8) is 0 Å². The van der Waals surface area contributed by atoms with Crippen LogP contribution in [0.3, 0.4) is 0 Å². The average molecular weight is 221 g/mol. The molecule has 0 amide bonds. The zero-order valence-electron chi connectivity index (χ0n) is 8.32. The topological polar surface area (TPSA) is 78.6 Å². The van der Waals surface area contributed by atoms with Gasteiger partial charge in [0.15, 0.2) is 0 Å². The Hall–Kier alpha value is -0.750. The molecule has 1 unspecified atom stereocenters. The largest absolute Gasteiger partial charge is 0.468 e. The maximum atomic E-state index is 11.0. The molecule has 0 aromatic rings. The Morgan fingerprint density at radius 2 is 2.14 bits per heavy atom. The lowest BCUT2D eigenvalue weighted by Gasteiger charge is -2.09. The summed E-state index contributed by atoms with van der Waals surface area (Å²) in [5.74, 6) is -0.215. The average Bonchev–Trinajstić information content (AvgIpc) is 2.17. The summed E-state index contributed by atoms with van der Waals surface area (Å²) in [4.78, 5) is 21.7. The molecule has 0 aliphatic rings. The molecular formula is C8H15NO4S. The molecule has 0 aliphatic heterocycles. The number of hydrogen-bond donors (Lipinski definition) is 1. The zero-order chi connectivity index (χ0) is 11.0. The number of methoxy groups -OCH3 is 1. The second-order valence-electron chi connectivity index (χ2n) is 2.45. The molecule has 82 valence electrons. The van der Waals surface area contributed by atoms with Crippen LogP contribution < -0.4 is 5.73 Å². The first kappa shape index (κ1) is 13.2. The molecule has 0 fully saturated rings. The summed E-state index contributed by atoms with van der Waals surface area (Å²) in [5, 5.41) is 0. The monoisotopic (exact) mass is 221 g/mol. The van der Waals surface area contributed by atoms with Gasteiger partial charge in [-0.2, -0.15) is 0 Å². The van der Waals surface area contributed by atoms with E-state index in [4.69, 9.17) is 10.5 Å². The van der Waals surface area contributed by atoms with Gasteiger partial charge in [0.1, 0.15) is 6.04 Å². The van der Waals surface area contributed by atoms with Crippen molar-refractivity contribution in [2.75, 3.05) is 25.2 Å². The summed E-state index contributed by atoms with van der Waals surface area (Å²) >= 11 is 1.25. The molecule has 14 heavy (non-hydrogen) atoms. The SMILES string of the molecule is CCOC(=O)C(N)CSCC(=O)OC. The van der Waals surface area contributed by atoms with E-state index >= 15 is 0 Å².